The highest BCUT2D eigenvalue weighted by Gasteiger charge is 2.26. The van der Waals surface area contributed by atoms with Crippen molar-refractivity contribution in [2.24, 2.45) is 0 Å². The molecule has 0 N–H and O–H groups in total. The summed E-state index contributed by atoms with van der Waals surface area (Å²) in [6, 6.07) is 1.88. The first-order valence-electron chi connectivity index (χ1n) is 5.38. The fourth-order valence-electron chi connectivity index (χ4n) is 1.63. The highest BCUT2D eigenvalue weighted by molar-refractivity contribution is 9.10. The predicted molar refractivity (Wildman–Crippen MR) is 68.7 cm³/mol. The third kappa shape index (κ3) is 2.24. The molecule has 0 heterocycles. The van der Waals surface area contributed by atoms with Crippen molar-refractivity contribution >= 4 is 15.9 Å². The van der Waals surface area contributed by atoms with Crippen molar-refractivity contribution in [2.45, 2.75) is 39.5 Å². The van der Waals surface area contributed by atoms with Crippen molar-refractivity contribution in [3.63, 3.8) is 0 Å². The maximum Gasteiger partial charge on any atom is 0.144 e. The summed E-state index contributed by atoms with van der Waals surface area (Å²) in [5.41, 5.74) is 1.67. The highest BCUT2D eigenvalue weighted by atomic mass is 79.9. The van der Waals surface area contributed by atoms with Gasteiger partial charge in [-0.15, -0.1) is 0 Å². The molecule has 16 heavy (non-hydrogen) atoms. The smallest absolute Gasteiger partial charge is 0.144 e. The van der Waals surface area contributed by atoms with Crippen LogP contribution < -0.4 is 4.74 Å². The molecule has 1 aromatic carbocycles. The van der Waals surface area contributed by atoms with Crippen LogP contribution in [0.4, 0.5) is 4.39 Å². The predicted octanol–water partition coefficient (Wildman–Crippen LogP) is 4.59. The van der Waals surface area contributed by atoms with Gasteiger partial charge in [0.1, 0.15) is 11.6 Å². The molecule has 0 bridgehead atoms. The minimum absolute atomic E-state index is 0.0215. The molecule has 0 aromatic heterocycles. The van der Waals surface area contributed by atoms with Gasteiger partial charge in [0, 0.05) is 5.56 Å². The van der Waals surface area contributed by atoms with E-state index in [-0.39, 0.29) is 11.2 Å². The summed E-state index contributed by atoms with van der Waals surface area (Å²) in [6.45, 7) is 8.16. The Kier molecular flexibility index (Phi) is 4.00. The maximum absolute atomic E-state index is 13.7. The van der Waals surface area contributed by atoms with Gasteiger partial charge in [-0.2, -0.15) is 0 Å². The second-order valence-corrected chi connectivity index (χ2v) is 5.43. The van der Waals surface area contributed by atoms with Crippen LogP contribution in [0.2, 0.25) is 0 Å². The Hall–Kier alpha value is -0.570. The molecule has 0 unspecified atom stereocenters. The molecule has 0 spiro atoms. The highest BCUT2D eigenvalue weighted by Crippen LogP contribution is 2.41. The Morgan fingerprint density at radius 3 is 2.44 bits per heavy atom. The molecular weight excluding hydrogens is 271 g/mol. The summed E-state index contributed by atoms with van der Waals surface area (Å²) in [5, 5.41) is 0. The van der Waals surface area contributed by atoms with E-state index in [1.807, 2.05) is 6.07 Å². The Balaban J connectivity index is 3.51. The molecule has 0 saturated carbocycles. The van der Waals surface area contributed by atoms with E-state index in [0.29, 0.717) is 15.8 Å². The van der Waals surface area contributed by atoms with E-state index < -0.39 is 0 Å². The lowest BCUT2D eigenvalue weighted by Gasteiger charge is -2.27. The molecule has 1 nitrogen and oxygen atoms in total. The Morgan fingerprint density at radius 1 is 1.44 bits per heavy atom. The van der Waals surface area contributed by atoms with Gasteiger partial charge in [0.2, 0.25) is 0 Å². The van der Waals surface area contributed by atoms with Gasteiger partial charge in [-0.3, -0.25) is 0 Å². The van der Waals surface area contributed by atoms with Crippen LogP contribution in [-0.2, 0) is 5.41 Å². The Labute approximate surface area is 105 Å². The molecule has 0 fully saturated rings. The van der Waals surface area contributed by atoms with Gasteiger partial charge in [-0.25, -0.2) is 4.39 Å². The van der Waals surface area contributed by atoms with Gasteiger partial charge in [-0.05, 0) is 46.3 Å². The molecule has 0 aliphatic carbocycles. The van der Waals surface area contributed by atoms with Gasteiger partial charge >= 0.3 is 0 Å². The number of hydrogen-bond acceptors (Lipinski definition) is 1. The fourth-order valence-corrected chi connectivity index (χ4v) is 2.32. The molecule has 0 saturated heterocycles. The summed E-state index contributed by atoms with van der Waals surface area (Å²) >= 11 is 3.26. The lowest BCUT2D eigenvalue weighted by Crippen LogP contribution is -2.17. The van der Waals surface area contributed by atoms with Gasteiger partial charge < -0.3 is 4.74 Å². The van der Waals surface area contributed by atoms with E-state index in [9.17, 15) is 4.39 Å². The van der Waals surface area contributed by atoms with E-state index in [0.717, 1.165) is 12.0 Å². The lowest BCUT2D eigenvalue weighted by atomic mass is 9.81. The molecule has 0 amide bonds. The largest absolute Gasteiger partial charge is 0.495 e. The SMILES string of the molecule is CCC(C)(C)c1cc(C)c(F)c(Br)c1OC. The van der Waals surface area contributed by atoms with E-state index in [4.69, 9.17) is 4.74 Å². The van der Waals surface area contributed by atoms with Crippen LogP contribution in [0, 0.1) is 12.7 Å². The van der Waals surface area contributed by atoms with Crippen LogP contribution in [-0.4, -0.2) is 7.11 Å². The Morgan fingerprint density at radius 2 is 2.00 bits per heavy atom. The van der Waals surface area contributed by atoms with E-state index >= 15 is 0 Å². The first-order chi connectivity index (χ1) is 7.35. The zero-order valence-corrected chi connectivity index (χ0v) is 12.0. The van der Waals surface area contributed by atoms with Crippen molar-refractivity contribution in [1.29, 1.82) is 0 Å². The summed E-state index contributed by atoms with van der Waals surface area (Å²) in [4.78, 5) is 0. The normalized spacial score (nSPS) is 11.7. The number of rotatable bonds is 3. The van der Waals surface area contributed by atoms with Crippen LogP contribution in [0.25, 0.3) is 0 Å². The minimum atomic E-state index is -0.243. The second-order valence-electron chi connectivity index (χ2n) is 4.64. The molecule has 1 rings (SSSR count). The average molecular weight is 289 g/mol. The minimum Gasteiger partial charge on any atom is -0.495 e. The zero-order chi connectivity index (χ0) is 12.5. The van der Waals surface area contributed by atoms with Crippen LogP contribution in [0.3, 0.4) is 0 Å². The standard InChI is InChI=1S/C13H18BrFO/c1-6-13(3,4)9-7-8(2)11(15)10(14)12(9)16-5/h7H,6H2,1-5H3. The maximum atomic E-state index is 13.7. The lowest BCUT2D eigenvalue weighted by molar-refractivity contribution is 0.382. The molecule has 1 aromatic rings. The van der Waals surface area contributed by atoms with Gasteiger partial charge in [-0.1, -0.05) is 20.8 Å². The third-order valence-corrected chi connectivity index (χ3v) is 3.87. The topological polar surface area (TPSA) is 9.23 Å². The first-order valence-corrected chi connectivity index (χ1v) is 6.17. The van der Waals surface area contributed by atoms with E-state index in [1.54, 1.807) is 14.0 Å². The fraction of sp³-hybridized carbons (Fsp3) is 0.538. The molecular formula is C13H18BrFO. The molecule has 3 heteroatoms. The van der Waals surface area contributed by atoms with Gasteiger partial charge in [0.25, 0.3) is 0 Å². The summed E-state index contributed by atoms with van der Waals surface area (Å²) < 4.78 is 19.5. The molecule has 0 aliphatic rings. The number of methoxy groups -OCH3 is 1. The molecule has 0 aliphatic heterocycles. The van der Waals surface area contributed by atoms with Crippen molar-refractivity contribution < 1.29 is 9.13 Å². The summed E-state index contributed by atoms with van der Waals surface area (Å²) in [5.74, 6) is 0.363. The number of ether oxygens (including phenoxy) is 1. The first kappa shape index (κ1) is 13.5. The van der Waals surface area contributed by atoms with Crippen LogP contribution in [0.15, 0.2) is 10.5 Å². The van der Waals surface area contributed by atoms with Crippen molar-refractivity contribution in [3.8, 4) is 5.75 Å². The number of hydrogen-bond donors (Lipinski definition) is 0. The quantitative estimate of drug-likeness (QED) is 0.790. The van der Waals surface area contributed by atoms with E-state index in [1.165, 1.54) is 0 Å². The van der Waals surface area contributed by atoms with Crippen molar-refractivity contribution in [1.82, 2.24) is 0 Å². The average Bonchev–Trinajstić information content (AvgIpc) is 2.25. The number of aryl methyl sites for hydroxylation is 1. The summed E-state index contributed by atoms with van der Waals surface area (Å²) in [7, 11) is 1.57. The van der Waals surface area contributed by atoms with Crippen LogP contribution >= 0.6 is 15.9 Å². The third-order valence-electron chi connectivity index (χ3n) is 3.16. The van der Waals surface area contributed by atoms with Gasteiger partial charge in [0.15, 0.2) is 0 Å². The van der Waals surface area contributed by atoms with Crippen LogP contribution in [0.5, 0.6) is 5.75 Å². The number of halogens is 2. The van der Waals surface area contributed by atoms with E-state index in [2.05, 4.69) is 36.7 Å². The van der Waals surface area contributed by atoms with Gasteiger partial charge in [0.05, 0.1) is 11.6 Å². The monoisotopic (exact) mass is 288 g/mol. The second kappa shape index (κ2) is 4.74. The van der Waals surface area contributed by atoms with Crippen molar-refractivity contribution in [2.75, 3.05) is 7.11 Å². The molecule has 0 radical (unpaired) electrons. The zero-order valence-electron chi connectivity index (χ0n) is 10.4. The molecule has 90 valence electrons. The molecule has 0 atom stereocenters. The summed E-state index contributed by atoms with van der Waals surface area (Å²) in [6.07, 6.45) is 0.973. The number of benzene rings is 1. The Bertz CT molecular complexity index is 399. The van der Waals surface area contributed by atoms with Crippen molar-refractivity contribution in [3.05, 3.63) is 27.5 Å². The van der Waals surface area contributed by atoms with Crippen LogP contribution in [0.1, 0.15) is 38.3 Å².